The highest BCUT2D eigenvalue weighted by atomic mass is 35.5. The van der Waals surface area contributed by atoms with E-state index in [9.17, 15) is 4.79 Å². The Balaban J connectivity index is 1.37. The van der Waals surface area contributed by atoms with Gasteiger partial charge in [0.05, 0.1) is 4.70 Å². The lowest BCUT2D eigenvalue weighted by Crippen LogP contribution is -2.47. The number of piperazine rings is 1. The molecule has 29 heavy (non-hydrogen) atoms. The second-order valence-corrected chi connectivity index (χ2v) is 8.51. The third-order valence-corrected chi connectivity index (χ3v) is 6.74. The minimum Gasteiger partial charge on any atom is -0.388 e. The van der Waals surface area contributed by atoms with E-state index in [2.05, 4.69) is 49.8 Å². The van der Waals surface area contributed by atoms with Crippen molar-refractivity contribution >= 4 is 51.0 Å². The van der Waals surface area contributed by atoms with Crippen LogP contribution in [0, 0.1) is 0 Å². The molecule has 4 rings (SSSR count). The number of nitrogens with zero attached hydrogens (tertiary/aromatic N) is 3. The Bertz CT molecular complexity index is 998. The maximum atomic E-state index is 11.0. The van der Waals surface area contributed by atoms with Crippen molar-refractivity contribution in [3.63, 3.8) is 0 Å². The number of hydrogen-bond donors (Lipinski definition) is 1. The van der Waals surface area contributed by atoms with Crippen molar-refractivity contribution in [2.24, 2.45) is 0 Å². The summed E-state index contributed by atoms with van der Waals surface area (Å²) in [4.78, 5) is 15.8. The van der Waals surface area contributed by atoms with Gasteiger partial charge in [0.25, 0.3) is 0 Å². The molecular formula is C22H25ClN4OS. The van der Waals surface area contributed by atoms with E-state index in [0.29, 0.717) is 6.42 Å². The third kappa shape index (κ3) is 4.39. The van der Waals surface area contributed by atoms with Gasteiger partial charge < -0.3 is 15.0 Å². The number of anilines is 2. The number of rotatable bonds is 7. The minimum absolute atomic E-state index is 0.403. The van der Waals surface area contributed by atoms with Gasteiger partial charge in [-0.05, 0) is 47.3 Å². The Morgan fingerprint density at radius 3 is 2.72 bits per heavy atom. The fourth-order valence-electron chi connectivity index (χ4n) is 3.91. The summed E-state index contributed by atoms with van der Waals surface area (Å²) in [6, 6.07) is 12.4. The van der Waals surface area contributed by atoms with Crippen LogP contribution in [0.2, 0.25) is 5.02 Å². The zero-order valence-corrected chi connectivity index (χ0v) is 18.1. The number of aromatic nitrogens is 1. The summed E-state index contributed by atoms with van der Waals surface area (Å²) in [5.74, 6) is 1.12. The van der Waals surface area contributed by atoms with Crippen LogP contribution in [-0.2, 0) is 17.6 Å². The van der Waals surface area contributed by atoms with Gasteiger partial charge in [0.1, 0.15) is 12.1 Å². The van der Waals surface area contributed by atoms with Crippen LogP contribution in [0.15, 0.2) is 36.4 Å². The molecule has 5 nitrogen and oxygen atoms in total. The number of carbonyl (C=O) groups excluding carboxylic acids is 1. The molecule has 0 radical (unpaired) electrons. The molecule has 152 valence electrons. The molecule has 1 N–H and O–H groups in total. The molecule has 1 aliphatic rings. The lowest BCUT2D eigenvalue weighted by atomic mass is 10.0. The number of aldehydes is 1. The number of fused-ring (bicyclic) bond motifs is 1. The molecule has 1 saturated heterocycles. The summed E-state index contributed by atoms with van der Waals surface area (Å²) in [5.41, 5.74) is 3.03. The van der Waals surface area contributed by atoms with Crippen molar-refractivity contribution in [3.05, 3.63) is 52.5 Å². The van der Waals surface area contributed by atoms with Crippen molar-refractivity contribution < 1.29 is 4.79 Å². The van der Waals surface area contributed by atoms with Gasteiger partial charge in [0.2, 0.25) is 0 Å². The second kappa shape index (κ2) is 9.11. The van der Waals surface area contributed by atoms with Crippen LogP contribution >= 0.6 is 23.1 Å². The summed E-state index contributed by atoms with van der Waals surface area (Å²) in [6.07, 6.45) is 2.23. The first-order chi connectivity index (χ1) is 14.2. The normalized spacial score (nSPS) is 15.0. The highest BCUT2D eigenvalue weighted by molar-refractivity contribution is 7.13. The van der Waals surface area contributed by atoms with Gasteiger partial charge in [-0.1, -0.05) is 29.8 Å². The van der Waals surface area contributed by atoms with E-state index >= 15 is 0 Å². The van der Waals surface area contributed by atoms with Gasteiger partial charge in [-0.25, -0.2) is 0 Å². The van der Waals surface area contributed by atoms with E-state index in [1.54, 1.807) is 11.5 Å². The molecule has 1 aromatic heterocycles. The van der Waals surface area contributed by atoms with Crippen LogP contribution in [0.25, 0.3) is 10.1 Å². The Morgan fingerprint density at radius 2 is 1.97 bits per heavy atom. The molecular weight excluding hydrogens is 404 g/mol. The lowest BCUT2D eigenvalue weighted by molar-refractivity contribution is -0.107. The van der Waals surface area contributed by atoms with E-state index < -0.39 is 0 Å². The van der Waals surface area contributed by atoms with Crippen LogP contribution < -0.4 is 10.2 Å². The number of halogens is 1. The Labute approximate surface area is 180 Å². The quantitative estimate of drug-likeness (QED) is 0.574. The fraction of sp³-hybridized carbons (Fsp3) is 0.364. The first kappa shape index (κ1) is 20.1. The maximum absolute atomic E-state index is 11.0. The largest absolute Gasteiger partial charge is 0.388 e. The van der Waals surface area contributed by atoms with Crippen LogP contribution in [0.3, 0.4) is 0 Å². The van der Waals surface area contributed by atoms with Gasteiger partial charge in [0, 0.05) is 62.3 Å². The second-order valence-electron chi connectivity index (χ2n) is 7.30. The van der Waals surface area contributed by atoms with Crippen LogP contribution in [0.5, 0.6) is 0 Å². The highest BCUT2D eigenvalue weighted by Gasteiger charge is 2.21. The Morgan fingerprint density at radius 1 is 1.17 bits per heavy atom. The molecule has 0 bridgehead atoms. The van der Waals surface area contributed by atoms with E-state index in [4.69, 9.17) is 11.6 Å². The van der Waals surface area contributed by atoms with Crippen molar-refractivity contribution in [3.8, 4) is 0 Å². The molecule has 0 amide bonds. The third-order valence-electron chi connectivity index (χ3n) is 5.57. The molecule has 2 aromatic carbocycles. The number of benzene rings is 2. The topological polar surface area (TPSA) is 48.5 Å². The van der Waals surface area contributed by atoms with Crippen LogP contribution in [-0.4, -0.2) is 55.3 Å². The molecule has 0 spiro atoms. The lowest BCUT2D eigenvalue weighted by Gasteiger charge is -2.35. The summed E-state index contributed by atoms with van der Waals surface area (Å²) >= 11 is 8.06. The van der Waals surface area contributed by atoms with Gasteiger partial charge >= 0.3 is 0 Å². The van der Waals surface area contributed by atoms with E-state index in [-0.39, 0.29) is 0 Å². The average molecular weight is 429 g/mol. The highest BCUT2D eigenvalue weighted by Crippen LogP contribution is 2.30. The Hall–Kier alpha value is -2.15. The molecule has 0 aliphatic carbocycles. The molecule has 0 unspecified atom stereocenters. The molecule has 0 saturated carbocycles. The smallest absolute Gasteiger partial charge is 0.150 e. The van der Waals surface area contributed by atoms with Crippen LogP contribution in [0.4, 0.5) is 11.5 Å². The molecule has 1 fully saturated rings. The SMILES string of the molecule is CNc1cc(Cl)c(CCN2CCN(c3nsc4ccccc34)CC2)cc1CC=O. The number of carbonyl (C=O) groups is 1. The summed E-state index contributed by atoms with van der Waals surface area (Å²) in [5, 5.41) is 5.14. The standard InChI is InChI=1S/C22H25ClN4OS/c1-24-20-15-19(23)16(14-17(20)7-13-28)6-8-26-9-11-27(12-10-26)22-18-4-2-3-5-21(18)29-25-22/h2-5,13-15,24H,6-12H2,1H3. The van der Waals surface area contributed by atoms with E-state index in [1.807, 2.05) is 13.1 Å². The fourth-order valence-corrected chi connectivity index (χ4v) is 4.97. The molecule has 3 aromatic rings. The summed E-state index contributed by atoms with van der Waals surface area (Å²) in [6.45, 7) is 4.95. The minimum atomic E-state index is 0.403. The van der Waals surface area contributed by atoms with Gasteiger partial charge in [0.15, 0.2) is 0 Å². The summed E-state index contributed by atoms with van der Waals surface area (Å²) in [7, 11) is 1.85. The molecule has 1 aliphatic heterocycles. The predicted molar refractivity (Wildman–Crippen MR) is 123 cm³/mol. The zero-order valence-electron chi connectivity index (χ0n) is 16.5. The Kier molecular flexibility index (Phi) is 6.33. The molecule has 7 heteroatoms. The van der Waals surface area contributed by atoms with Crippen molar-refractivity contribution in [2.45, 2.75) is 12.8 Å². The average Bonchev–Trinajstić information content (AvgIpc) is 3.18. The predicted octanol–water partition coefficient (Wildman–Crippen LogP) is 4.10. The number of nitrogens with one attached hydrogen (secondary N) is 1. The first-order valence-electron chi connectivity index (χ1n) is 9.94. The van der Waals surface area contributed by atoms with Crippen LogP contribution in [0.1, 0.15) is 11.1 Å². The monoisotopic (exact) mass is 428 g/mol. The molecule has 2 heterocycles. The van der Waals surface area contributed by atoms with Gasteiger partial charge in [-0.15, -0.1) is 0 Å². The van der Waals surface area contributed by atoms with Gasteiger partial charge in [-0.2, -0.15) is 4.37 Å². The maximum Gasteiger partial charge on any atom is 0.150 e. The van der Waals surface area contributed by atoms with Crippen molar-refractivity contribution in [2.75, 3.05) is 50.0 Å². The van der Waals surface area contributed by atoms with E-state index in [1.165, 1.54) is 10.1 Å². The molecule has 0 atom stereocenters. The van der Waals surface area contributed by atoms with Gasteiger partial charge in [-0.3, -0.25) is 4.90 Å². The first-order valence-corrected chi connectivity index (χ1v) is 11.1. The number of hydrogen-bond acceptors (Lipinski definition) is 6. The van der Waals surface area contributed by atoms with Crippen molar-refractivity contribution in [1.82, 2.24) is 9.27 Å². The zero-order chi connectivity index (χ0) is 20.2. The van der Waals surface area contributed by atoms with Crippen molar-refractivity contribution in [1.29, 1.82) is 0 Å². The van der Waals surface area contributed by atoms with E-state index in [0.717, 1.165) is 73.1 Å². The summed E-state index contributed by atoms with van der Waals surface area (Å²) < 4.78 is 5.94.